The van der Waals surface area contributed by atoms with Crippen molar-refractivity contribution in [1.29, 1.82) is 0 Å². The van der Waals surface area contributed by atoms with Crippen LogP contribution in [0.25, 0.3) is 16.9 Å². The first kappa shape index (κ1) is 21.8. The normalized spacial score (nSPS) is 11.4. The molecule has 1 aromatic carbocycles. The molecule has 166 valence electrons. The highest BCUT2D eigenvalue weighted by Gasteiger charge is 2.23. The Bertz CT molecular complexity index is 1370. The van der Waals surface area contributed by atoms with Crippen LogP contribution in [0.5, 0.6) is 0 Å². The van der Waals surface area contributed by atoms with Gasteiger partial charge in [-0.1, -0.05) is 25.4 Å². The number of halogens is 2. The third-order valence-corrected chi connectivity index (χ3v) is 5.43. The van der Waals surface area contributed by atoms with Crippen LogP contribution in [0.3, 0.4) is 0 Å². The number of carbonyl (C=O) groups excluding carboxylic acids is 1. The number of amides is 1. The van der Waals surface area contributed by atoms with E-state index in [1.54, 1.807) is 12.4 Å². The minimum Gasteiger partial charge on any atom is -0.352 e. The Kier molecular flexibility index (Phi) is 5.84. The number of hydrogen-bond donors (Lipinski definition) is 2. The van der Waals surface area contributed by atoms with E-state index in [1.165, 1.54) is 22.8 Å². The number of hydrogen-bond acceptors (Lipinski definition) is 4. The standard InChI is InChI=1S/C22H22ClFN6O2/c1-12(2)18-15(21(31)25-7-6-14-9-29(3)11-26-14)10-30-19(18)22(32)27-20(28-30)13-4-5-16(23)17(24)8-13/h4-5,8-12H,6-7H2,1-3H3,(H,25,31)(H,27,28,32). The van der Waals surface area contributed by atoms with E-state index in [0.29, 0.717) is 29.7 Å². The molecule has 4 rings (SSSR count). The zero-order valence-corrected chi connectivity index (χ0v) is 18.6. The van der Waals surface area contributed by atoms with Crippen molar-refractivity contribution in [3.63, 3.8) is 0 Å². The van der Waals surface area contributed by atoms with Gasteiger partial charge >= 0.3 is 0 Å². The molecule has 0 radical (unpaired) electrons. The average molecular weight is 457 g/mol. The lowest BCUT2D eigenvalue weighted by Crippen LogP contribution is -2.26. The third kappa shape index (κ3) is 4.16. The van der Waals surface area contributed by atoms with E-state index in [4.69, 9.17) is 11.6 Å². The first-order valence-corrected chi connectivity index (χ1v) is 10.5. The Labute approximate surface area is 188 Å². The number of benzene rings is 1. The molecule has 10 heteroatoms. The Morgan fingerprint density at radius 2 is 2.09 bits per heavy atom. The second-order valence-corrected chi connectivity index (χ2v) is 8.28. The van der Waals surface area contributed by atoms with Crippen molar-refractivity contribution >= 4 is 23.0 Å². The highest BCUT2D eigenvalue weighted by molar-refractivity contribution is 6.30. The topological polar surface area (TPSA) is 97.1 Å². The van der Waals surface area contributed by atoms with Crippen molar-refractivity contribution in [2.45, 2.75) is 26.2 Å². The quantitative estimate of drug-likeness (QED) is 0.465. The SMILES string of the molecule is CC(C)c1c(C(=O)NCCc2cn(C)cn2)cn2nc(-c3ccc(Cl)c(F)c3)[nH]c(=O)c12. The van der Waals surface area contributed by atoms with E-state index >= 15 is 0 Å². The number of carbonyl (C=O) groups is 1. The van der Waals surface area contributed by atoms with Gasteiger partial charge in [0.1, 0.15) is 11.3 Å². The molecule has 0 saturated carbocycles. The summed E-state index contributed by atoms with van der Waals surface area (Å²) in [6.45, 7) is 4.21. The summed E-state index contributed by atoms with van der Waals surface area (Å²) in [5, 5.41) is 7.28. The summed E-state index contributed by atoms with van der Waals surface area (Å²) in [6.07, 6.45) is 5.72. The highest BCUT2D eigenvalue weighted by Crippen LogP contribution is 2.26. The van der Waals surface area contributed by atoms with Crippen molar-refractivity contribution in [1.82, 2.24) is 29.5 Å². The maximum atomic E-state index is 13.9. The van der Waals surface area contributed by atoms with Crippen LogP contribution in [0.4, 0.5) is 4.39 Å². The van der Waals surface area contributed by atoms with Crippen molar-refractivity contribution in [3.8, 4) is 11.4 Å². The minimum atomic E-state index is -0.615. The van der Waals surface area contributed by atoms with Gasteiger partial charge in [-0.3, -0.25) is 9.59 Å². The maximum Gasteiger partial charge on any atom is 0.275 e. The van der Waals surface area contributed by atoms with Crippen molar-refractivity contribution < 1.29 is 9.18 Å². The fourth-order valence-corrected chi connectivity index (χ4v) is 3.76. The van der Waals surface area contributed by atoms with E-state index in [-0.39, 0.29) is 28.2 Å². The van der Waals surface area contributed by atoms with Crippen LogP contribution in [0.15, 0.2) is 41.7 Å². The van der Waals surface area contributed by atoms with Gasteiger partial charge in [-0.25, -0.2) is 13.9 Å². The number of H-pyrrole nitrogens is 1. The number of fused-ring (bicyclic) bond motifs is 1. The fraction of sp³-hybridized carbons (Fsp3) is 0.273. The summed E-state index contributed by atoms with van der Waals surface area (Å²) in [5.74, 6) is -0.840. The predicted octanol–water partition coefficient (Wildman–Crippen LogP) is 3.31. The first-order chi connectivity index (χ1) is 15.2. The number of imidazole rings is 1. The Morgan fingerprint density at radius 3 is 2.75 bits per heavy atom. The molecule has 0 aliphatic rings. The van der Waals surface area contributed by atoms with Crippen LogP contribution in [-0.2, 0) is 13.5 Å². The molecule has 3 heterocycles. The van der Waals surface area contributed by atoms with Crippen molar-refractivity contribution in [2.75, 3.05) is 6.54 Å². The smallest absolute Gasteiger partial charge is 0.275 e. The van der Waals surface area contributed by atoms with E-state index < -0.39 is 11.4 Å². The van der Waals surface area contributed by atoms with E-state index in [2.05, 4.69) is 20.4 Å². The molecule has 0 unspecified atom stereocenters. The van der Waals surface area contributed by atoms with Gasteiger partial charge in [0.05, 0.1) is 22.6 Å². The molecule has 8 nitrogen and oxygen atoms in total. The molecule has 0 fully saturated rings. The molecule has 0 aliphatic heterocycles. The Morgan fingerprint density at radius 1 is 1.31 bits per heavy atom. The molecular formula is C22H22ClFN6O2. The van der Waals surface area contributed by atoms with Gasteiger partial charge in [-0.15, -0.1) is 5.10 Å². The maximum absolute atomic E-state index is 13.9. The molecule has 0 atom stereocenters. The summed E-state index contributed by atoms with van der Waals surface area (Å²) in [7, 11) is 1.88. The van der Waals surface area contributed by atoms with Crippen molar-refractivity contribution in [2.24, 2.45) is 7.05 Å². The number of aromatic amines is 1. The summed E-state index contributed by atoms with van der Waals surface area (Å²) in [6, 6.07) is 4.16. The molecular weight excluding hydrogens is 435 g/mol. The van der Waals surface area contributed by atoms with Crippen LogP contribution < -0.4 is 10.9 Å². The molecule has 4 aromatic rings. The molecule has 0 bridgehead atoms. The summed E-state index contributed by atoms with van der Waals surface area (Å²) in [4.78, 5) is 32.8. The summed E-state index contributed by atoms with van der Waals surface area (Å²) >= 11 is 5.75. The number of aromatic nitrogens is 5. The number of aryl methyl sites for hydroxylation is 1. The molecule has 0 saturated heterocycles. The molecule has 32 heavy (non-hydrogen) atoms. The zero-order chi connectivity index (χ0) is 23.0. The van der Waals surface area contributed by atoms with Gasteiger partial charge in [0.25, 0.3) is 11.5 Å². The van der Waals surface area contributed by atoms with E-state index in [9.17, 15) is 14.0 Å². The van der Waals surface area contributed by atoms with E-state index in [0.717, 1.165) is 5.69 Å². The minimum absolute atomic E-state index is 0.0232. The monoisotopic (exact) mass is 456 g/mol. The third-order valence-electron chi connectivity index (χ3n) is 5.12. The Hall–Kier alpha value is -3.46. The van der Waals surface area contributed by atoms with Gasteiger partial charge in [0, 0.05) is 43.5 Å². The van der Waals surface area contributed by atoms with Crippen LogP contribution in [0, 0.1) is 5.82 Å². The molecule has 1 amide bonds. The fourth-order valence-electron chi connectivity index (χ4n) is 3.65. The van der Waals surface area contributed by atoms with Crippen LogP contribution >= 0.6 is 11.6 Å². The van der Waals surface area contributed by atoms with E-state index in [1.807, 2.05) is 31.7 Å². The first-order valence-electron chi connectivity index (χ1n) is 10.1. The van der Waals surface area contributed by atoms with Gasteiger partial charge in [-0.2, -0.15) is 0 Å². The Balaban J connectivity index is 1.68. The summed E-state index contributed by atoms with van der Waals surface area (Å²) < 4.78 is 17.1. The second kappa shape index (κ2) is 8.58. The molecule has 2 N–H and O–H groups in total. The number of nitrogens with one attached hydrogen (secondary N) is 2. The molecule has 0 aliphatic carbocycles. The van der Waals surface area contributed by atoms with Gasteiger partial charge in [0.15, 0.2) is 5.82 Å². The lowest BCUT2D eigenvalue weighted by Gasteiger charge is -2.08. The number of rotatable bonds is 6. The lowest BCUT2D eigenvalue weighted by molar-refractivity contribution is 0.0953. The summed E-state index contributed by atoms with van der Waals surface area (Å²) in [5.41, 5.74) is 2.08. The molecule has 3 aromatic heterocycles. The average Bonchev–Trinajstić information content (AvgIpc) is 3.33. The van der Waals surface area contributed by atoms with Gasteiger partial charge in [0.2, 0.25) is 0 Å². The largest absolute Gasteiger partial charge is 0.352 e. The zero-order valence-electron chi connectivity index (χ0n) is 17.8. The highest BCUT2D eigenvalue weighted by atomic mass is 35.5. The molecule has 0 spiro atoms. The van der Waals surface area contributed by atoms with Gasteiger partial charge in [-0.05, 0) is 24.1 Å². The van der Waals surface area contributed by atoms with Crippen LogP contribution in [0.1, 0.15) is 41.4 Å². The predicted molar refractivity (Wildman–Crippen MR) is 120 cm³/mol. The van der Waals surface area contributed by atoms with Crippen LogP contribution in [-0.4, -0.2) is 36.6 Å². The van der Waals surface area contributed by atoms with Crippen LogP contribution in [0.2, 0.25) is 5.02 Å². The van der Waals surface area contributed by atoms with Crippen molar-refractivity contribution in [3.05, 3.63) is 74.9 Å². The number of nitrogens with zero attached hydrogens (tertiary/aromatic N) is 4. The second-order valence-electron chi connectivity index (χ2n) is 7.87. The lowest BCUT2D eigenvalue weighted by atomic mass is 10.00. The van der Waals surface area contributed by atoms with Gasteiger partial charge < -0.3 is 14.9 Å².